The van der Waals surface area contributed by atoms with E-state index >= 15 is 0 Å². The Morgan fingerprint density at radius 1 is 1.48 bits per heavy atom. The molecule has 1 aromatic rings. The molecule has 0 unspecified atom stereocenters. The standard InChI is InChI=1S/C14H16N2O3S2/c1-4-9-5-6-10(21-9)7-11-13(18)15(2)14(20)16(11)8-12(17)19-3/h5-7H,4,8H2,1-3H3. The van der Waals surface area contributed by atoms with Gasteiger partial charge >= 0.3 is 5.97 Å². The average Bonchev–Trinajstić information content (AvgIpc) is 3.02. The largest absolute Gasteiger partial charge is 0.468 e. The average molecular weight is 324 g/mol. The summed E-state index contributed by atoms with van der Waals surface area (Å²) >= 11 is 6.83. The van der Waals surface area contributed by atoms with Gasteiger partial charge in [-0.3, -0.25) is 14.5 Å². The van der Waals surface area contributed by atoms with Crippen molar-refractivity contribution in [3.8, 4) is 0 Å². The van der Waals surface area contributed by atoms with Crippen molar-refractivity contribution >= 4 is 46.6 Å². The molecule has 1 aliphatic heterocycles. The molecular formula is C14H16N2O3S2. The highest BCUT2D eigenvalue weighted by Gasteiger charge is 2.36. The first-order valence-electron chi connectivity index (χ1n) is 6.44. The summed E-state index contributed by atoms with van der Waals surface area (Å²) in [5.41, 5.74) is 0.400. The van der Waals surface area contributed by atoms with Gasteiger partial charge in [0.25, 0.3) is 5.91 Å². The highest BCUT2D eigenvalue weighted by Crippen LogP contribution is 2.26. The van der Waals surface area contributed by atoms with Gasteiger partial charge in [-0.2, -0.15) is 0 Å². The molecule has 0 saturated carbocycles. The van der Waals surface area contributed by atoms with Crippen LogP contribution in [0.2, 0.25) is 0 Å². The molecule has 0 aromatic carbocycles. The number of aryl methyl sites for hydroxylation is 1. The summed E-state index contributed by atoms with van der Waals surface area (Å²) in [6.45, 7) is 2.01. The fourth-order valence-corrected chi connectivity index (χ4v) is 3.08. The Labute approximate surface area is 132 Å². The molecule has 2 rings (SSSR count). The second-order valence-electron chi connectivity index (χ2n) is 4.50. The van der Waals surface area contributed by atoms with E-state index in [1.54, 1.807) is 24.5 Å². The number of esters is 1. The van der Waals surface area contributed by atoms with Crippen molar-refractivity contribution in [3.63, 3.8) is 0 Å². The zero-order valence-electron chi connectivity index (χ0n) is 12.1. The van der Waals surface area contributed by atoms with E-state index in [0.29, 0.717) is 10.8 Å². The first kappa shape index (κ1) is 15.7. The van der Waals surface area contributed by atoms with Gasteiger partial charge in [-0.1, -0.05) is 6.92 Å². The van der Waals surface area contributed by atoms with Crippen LogP contribution in [0.15, 0.2) is 17.8 Å². The lowest BCUT2D eigenvalue weighted by molar-refractivity contribution is -0.140. The lowest BCUT2D eigenvalue weighted by Crippen LogP contribution is -2.33. The van der Waals surface area contributed by atoms with Crippen molar-refractivity contribution in [3.05, 3.63) is 27.6 Å². The summed E-state index contributed by atoms with van der Waals surface area (Å²) in [6, 6.07) is 3.99. The molecule has 1 amide bonds. The minimum atomic E-state index is -0.438. The number of ether oxygens (including phenoxy) is 1. The van der Waals surface area contributed by atoms with E-state index < -0.39 is 5.97 Å². The maximum absolute atomic E-state index is 12.3. The minimum absolute atomic E-state index is 0.0662. The van der Waals surface area contributed by atoms with Crippen LogP contribution in [0.3, 0.4) is 0 Å². The summed E-state index contributed by atoms with van der Waals surface area (Å²) in [4.78, 5) is 28.8. The van der Waals surface area contributed by atoms with E-state index in [-0.39, 0.29) is 12.5 Å². The number of amides is 1. The third kappa shape index (κ3) is 3.14. The zero-order chi connectivity index (χ0) is 15.6. The van der Waals surface area contributed by atoms with Gasteiger partial charge in [0.15, 0.2) is 5.11 Å². The number of carbonyl (C=O) groups is 2. The predicted molar refractivity (Wildman–Crippen MR) is 85.8 cm³/mol. The molecule has 0 bridgehead atoms. The van der Waals surface area contributed by atoms with Crippen LogP contribution in [0.1, 0.15) is 16.7 Å². The summed E-state index contributed by atoms with van der Waals surface area (Å²) in [6.07, 6.45) is 2.72. The molecule has 0 atom stereocenters. The van der Waals surface area contributed by atoms with Crippen LogP contribution in [0.25, 0.3) is 6.08 Å². The third-order valence-corrected chi connectivity index (χ3v) is 4.83. The Balaban J connectivity index is 2.34. The van der Waals surface area contributed by atoms with Gasteiger partial charge < -0.3 is 9.64 Å². The van der Waals surface area contributed by atoms with Gasteiger partial charge in [0.2, 0.25) is 0 Å². The Kier molecular flexibility index (Phi) is 4.74. The first-order chi connectivity index (χ1) is 9.97. The van der Waals surface area contributed by atoms with Gasteiger partial charge in [0.05, 0.1) is 7.11 Å². The zero-order valence-corrected chi connectivity index (χ0v) is 13.7. The Hall–Kier alpha value is -1.73. The monoisotopic (exact) mass is 324 g/mol. The second kappa shape index (κ2) is 6.36. The number of thiophene rings is 1. The van der Waals surface area contributed by atoms with Crippen molar-refractivity contribution in [2.75, 3.05) is 20.7 Å². The van der Waals surface area contributed by atoms with Crippen LogP contribution < -0.4 is 0 Å². The third-order valence-electron chi connectivity index (χ3n) is 3.16. The summed E-state index contributed by atoms with van der Waals surface area (Å²) in [5, 5.41) is 0.309. The molecule has 0 aliphatic carbocycles. The van der Waals surface area contributed by atoms with Crippen LogP contribution in [0.5, 0.6) is 0 Å². The fourth-order valence-electron chi connectivity index (χ4n) is 1.94. The van der Waals surface area contributed by atoms with Gasteiger partial charge in [0, 0.05) is 16.8 Å². The van der Waals surface area contributed by atoms with Gasteiger partial charge in [-0.25, -0.2) is 0 Å². The Bertz CT molecular complexity index is 621. The van der Waals surface area contributed by atoms with Crippen molar-refractivity contribution in [1.82, 2.24) is 9.80 Å². The van der Waals surface area contributed by atoms with E-state index in [9.17, 15) is 9.59 Å². The van der Waals surface area contributed by atoms with Crippen LogP contribution in [0.4, 0.5) is 0 Å². The normalized spacial score (nSPS) is 17.0. The fraction of sp³-hybridized carbons (Fsp3) is 0.357. The van der Waals surface area contributed by atoms with Crippen LogP contribution in [-0.2, 0) is 20.7 Å². The van der Waals surface area contributed by atoms with E-state index in [1.165, 1.54) is 21.8 Å². The maximum Gasteiger partial charge on any atom is 0.325 e. The maximum atomic E-state index is 12.3. The number of thiocarbonyl (C=S) groups is 1. The molecule has 1 saturated heterocycles. The highest BCUT2D eigenvalue weighted by molar-refractivity contribution is 7.80. The number of likely N-dealkylation sites (N-methyl/N-ethyl adjacent to an activating group) is 1. The molecule has 1 aliphatic rings. The molecule has 112 valence electrons. The molecular weight excluding hydrogens is 308 g/mol. The second-order valence-corrected chi connectivity index (χ2v) is 6.06. The van der Waals surface area contributed by atoms with Gasteiger partial charge in [-0.15, -0.1) is 11.3 Å². The molecule has 2 heterocycles. The van der Waals surface area contributed by atoms with E-state index in [1.807, 2.05) is 12.1 Å². The molecule has 1 aromatic heterocycles. The van der Waals surface area contributed by atoms with Crippen LogP contribution >= 0.6 is 23.6 Å². The molecule has 21 heavy (non-hydrogen) atoms. The highest BCUT2D eigenvalue weighted by atomic mass is 32.1. The van der Waals surface area contributed by atoms with Crippen LogP contribution in [0, 0.1) is 0 Å². The number of nitrogens with zero attached hydrogens (tertiary/aromatic N) is 2. The van der Waals surface area contributed by atoms with Crippen molar-refractivity contribution in [2.45, 2.75) is 13.3 Å². The minimum Gasteiger partial charge on any atom is -0.468 e. The molecule has 5 nitrogen and oxygen atoms in total. The van der Waals surface area contributed by atoms with Gasteiger partial charge in [0.1, 0.15) is 12.2 Å². The predicted octanol–water partition coefficient (Wildman–Crippen LogP) is 1.88. The van der Waals surface area contributed by atoms with Crippen LogP contribution in [-0.4, -0.2) is 47.5 Å². The summed E-state index contributed by atoms with van der Waals surface area (Å²) < 4.78 is 4.66. The van der Waals surface area contributed by atoms with Gasteiger partial charge in [-0.05, 0) is 36.8 Å². The number of hydrogen-bond donors (Lipinski definition) is 0. The lowest BCUT2D eigenvalue weighted by atomic mass is 10.3. The SMILES string of the molecule is CCc1ccc(C=C2C(=O)N(C)C(=S)N2CC(=O)OC)s1. The van der Waals surface area contributed by atoms with Crippen molar-refractivity contribution < 1.29 is 14.3 Å². The first-order valence-corrected chi connectivity index (χ1v) is 7.67. The Morgan fingerprint density at radius 2 is 2.19 bits per heavy atom. The van der Waals surface area contributed by atoms with Crippen molar-refractivity contribution in [1.29, 1.82) is 0 Å². The smallest absolute Gasteiger partial charge is 0.325 e. The lowest BCUT2D eigenvalue weighted by Gasteiger charge is -2.16. The topological polar surface area (TPSA) is 49.9 Å². The Morgan fingerprint density at radius 3 is 2.76 bits per heavy atom. The van der Waals surface area contributed by atoms with E-state index in [2.05, 4.69) is 11.7 Å². The van der Waals surface area contributed by atoms with Crippen molar-refractivity contribution in [2.24, 2.45) is 0 Å². The van der Waals surface area contributed by atoms with E-state index in [4.69, 9.17) is 12.2 Å². The summed E-state index contributed by atoms with van der Waals surface area (Å²) in [5.74, 6) is -0.651. The quantitative estimate of drug-likeness (QED) is 0.481. The summed E-state index contributed by atoms with van der Waals surface area (Å²) in [7, 11) is 2.91. The molecule has 7 heteroatoms. The number of hydrogen-bond acceptors (Lipinski definition) is 5. The number of carbonyl (C=O) groups excluding carboxylic acids is 2. The molecule has 1 fully saturated rings. The van der Waals surface area contributed by atoms with E-state index in [0.717, 1.165) is 11.3 Å². The number of methoxy groups -OCH3 is 1. The molecule has 0 N–H and O–H groups in total. The molecule has 0 radical (unpaired) electrons. The number of rotatable bonds is 4. The molecule has 0 spiro atoms.